The molecular weight excluding hydrogens is 208 g/mol. The fourth-order valence-corrected chi connectivity index (χ4v) is 1.36. The summed E-state index contributed by atoms with van der Waals surface area (Å²) in [5, 5.41) is 30.9. The summed E-state index contributed by atoms with van der Waals surface area (Å²) in [7, 11) is 0. The van der Waals surface area contributed by atoms with Gasteiger partial charge < -0.3 is 20.6 Å². The predicted molar refractivity (Wildman–Crippen MR) is 59.9 cm³/mol. The number of aliphatic hydroxyl groups is 2. The second-order valence-electron chi connectivity index (χ2n) is 3.82. The number of hydrogen-bond acceptors (Lipinski definition) is 5. The Morgan fingerprint density at radius 3 is 2.69 bits per heavy atom. The molecule has 0 aliphatic carbocycles. The Hall–Kier alpha value is -1.17. The summed E-state index contributed by atoms with van der Waals surface area (Å²) in [4.78, 5) is 3.97. The van der Waals surface area contributed by atoms with E-state index in [4.69, 9.17) is 10.2 Å². The molecule has 1 atom stereocenters. The van der Waals surface area contributed by atoms with Crippen molar-refractivity contribution in [2.24, 2.45) is 0 Å². The van der Waals surface area contributed by atoms with E-state index in [0.717, 1.165) is 0 Å². The van der Waals surface area contributed by atoms with Crippen molar-refractivity contribution in [2.75, 3.05) is 6.61 Å². The van der Waals surface area contributed by atoms with Crippen molar-refractivity contribution < 1.29 is 15.3 Å². The first-order chi connectivity index (χ1) is 7.60. The summed E-state index contributed by atoms with van der Waals surface area (Å²) in [5.74, 6) is 0.101. The first-order valence-corrected chi connectivity index (χ1v) is 5.21. The van der Waals surface area contributed by atoms with Crippen LogP contribution in [0, 0.1) is 6.92 Å². The van der Waals surface area contributed by atoms with Crippen LogP contribution in [-0.4, -0.2) is 33.0 Å². The lowest BCUT2D eigenvalue weighted by Gasteiger charge is -2.15. The molecule has 0 amide bonds. The summed E-state index contributed by atoms with van der Waals surface area (Å²) in [6.45, 7) is 3.80. The summed E-state index contributed by atoms with van der Waals surface area (Å²) in [6, 6.07) is -0.0561. The van der Waals surface area contributed by atoms with Gasteiger partial charge in [0, 0.05) is 29.9 Å². The Balaban J connectivity index is 2.88. The minimum absolute atomic E-state index is 0.0271. The molecule has 0 fully saturated rings. The fourth-order valence-electron chi connectivity index (χ4n) is 1.36. The zero-order chi connectivity index (χ0) is 12.1. The third-order valence-electron chi connectivity index (χ3n) is 2.50. The maximum atomic E-state index is 9.82. The quantitative estimate of drug-likeness (QED) is 0.570. The summed E-state index contributed by atoms with van der Waals surface area (Å²) in [6.07, 6.45) is 1.55. The Kier molecular flexibility index (Phi) is 4.67. The number of rotatable bonds is 5. The van der Waals surface area contributed by atoms with Crippen LogP contribution in [0.15, 0.2) is 6.20 Å². The topological polar surface area (TPSA) is 85.6 Å². The molecule has 1 heterocycles. The molecular formula is C11H18N2O3. The lowest BCUT2D eigenvalue weighted by molar-refractivity contribution is 0.249. The van der Waals surface area contributed by atoms with Crippen LogP contribution in [-0.2, 0) is 13.2 Å². The van der Waals surface area contributed by atoms with Crippen molar-refractivity contribution in [1.82, 2.24) is 10.3 Å². The van der Waals surface area contributed by atoms with E-state index in [1.54, 1.807) is 13.1 Å². The van der Waals surface area contributed by atoms with Gasteiger partial charge >= 0.3 is 0 Å². The molecule has 1 rings (SSSR count). The Bertz CT molecular complexity index is 355. The molecule has 0 aliphatic heterocycles. The van der Waals surface area contributed by atoms with Gasteiger partial charge in [0.2, 0.25) is 0 Å². The van der Waals surface area contributed by atoms with Crippen LogP contribution >= 0.6 is 0 Å². The molecule has 0 aliphatic rings. The Morgan fingerprint density at radius 1 is 1.44 bits per heavy atom. The van der Waals surface area contributed by atoms with Crippen LogP contribution in [0.5, 0.6) is 5.75 Å². The Labute approximate surface area is 94.8 Å². The van der Waals surface area contributed by atoms with Gasteiger partial charge in [-0.25, -0.2) is 0 Å². The molecule has 1 aromatic heterocycles. The number of nitrogens with zero attached hydrogens (tertiary/aromatic N) is 1. The van der Waals surface area contributed by atoms with Gasteiger partial charge in [-0.3, -0.25) is 4.98 Å². The van der Waals surface area contributed by atoms with Crippen molar-refractivity contribution in [3.05, 3.63) is 23.0 Å². The highest BCUT2D eigenvalue weighted by atomic mass is 16.3. The van der Waals surface area contributed by atoms with Gasteiger partial charge in [0.05, 0.1) is 18.9 Å². The molecule has 0 bridgehead atoms. The standard InChI is InChI=1S/C11H18N2O3/c1-7(5-14)12-4-10-9(6-15)3-13-8(2)11(10)16/h3,7,12,14-16H,4-6H2,1-2H3/t7-/m0/s1. The molecule has 0 spiro atoms. The predicted octanol–water partition coefficient (Wildman–Crippen LogP) is 0.0583. The highest BCUT2D eigenvalue weighted by Gasteiger charge is 2.11. The van der Waals surface area contributed by atoms with E-state index in [1.807, 2.05) is 6.92 Å². The normalized spacial score (nSPS) is 12.8. The number of pyridine rings is 1. The molecule has 0 radical (unpaired) electrons. The third kappa shape index (κ3) is 2.91. The number of nitrogens with one attached hydrogen (secondary N) is 1. The first kappa shape index (κ1) is 12.9. The van der Waals surface area contributed by atoms with Crippen LogP contribution in [0.3, 0.4) is 0 Å². The van der Waals surface area contributed by atoms with Gasteiger partial charge in [-0.2, -0.15) is 0 Å². The zero-order valence-corrected chi connectivity index (χ0v) is 9.56. The van der Waals surface area contributed by atoms with E-state index >= 15 is 0 Å². The number of aliphatic hydroxyl groups excluding tert-OH is 2. The lowest BCUT2D eigenvalue weighted by atomic mass is 10.1. The summed E-state index contributed by atoms with van der Waals surface area (Å²) < 4.78 is 0. The number of aromatic nitrogens is 1. The second kappa shape index (κ2) is 5.79. The zero-order valence-electron chi connectivity index (χ0n) is 9.56. The lowest BCUT2D eigenvalue weighted by Crippen LogP contribution is -2.29. The van der Waals surface area contributed by atoms with Gasteiger partial charge in [-0.15, -0.1) is 0 Å². The van der Waals surface area contributed by atoms with Gasteiger partial charge in [0.1, 0.15) is 5.75 Å². The van der Waals surface area contributed by atoms with Gasteiger partial charge in [-0.1, -0.05) is 0 Å². The molecule has 5 nitrogen and oxygen atoms in total. The van der Waals surface area contributed by atoms with E-state index in [0.29, 0.717) is 23.4 Å². The molecule has 0 saturated carbocycles. The number of hydrogen-bond donors (Lipinski definition) is 4. The fraction of sp³-hybridized carbons (Fsp3) is 0.545. The maximum absolute atomic E-state index is 9.82. The minimum atomic E-state index is -0.161. The molecule has 16 heavy (non-hydrogen) atoms. The van der Waals surface area contributed by atoms with Crippen LogP contribution < -0.4 is 5.32 Å². The van der Waals surface area contributed by atoms with Crippen LogP contribution in [0.2, 0.25) is 0 Å². The largest absolute Gasteiger partial charge is 0.506 e. The van der Waals surface area contributed by atoms with Crippen molar-refractivity contribution in [3.8, 4) is 5.75 Å². The SMILES string of the molecule is Cc1ncc(CO)c(CN[C@@H](C)CO)c1O. The van der Waals surface area contributed by atoms with Crippen LogP contribution in [0.4, 0.5) is 0 Å². The van der Waals surface area contributed by atoms with Crippen molar-refractivity contribution in [3.63, 3.8) is 0 Å². The molecule has 0 unspecified atom stereocenters. The summed E-state index contributed by atoms with van der Waals surface area (Å²) >= 11 is 0. The van der Waals surface area contributed by atoms with E-state index in [2.05, 4.69) is 10.3 Å². The van der Waals surface area contributed by atoms with Crippen molar-refractivity contribution in [2.45, 2.75) is 33.0 Å². The van der Waals surface area contributed by atoms with Gasteiger partial charge in [0.15, 0.2) is 0 Å². The average Bonchev–Trinajstić information content (AvgIpc) is 2.30. The molecule has 90 valence electrons. The van der Waals surface area contributed by atoms with Crippen LogP contribution in [0.25, 0.3) is 0 Å². The second-order valence-corrected chi connectivity index (χ2v) is 3.82. The van der Waals surface area contributed by atoms with E-state index in [1.165, 1.54) is 0 Å². The van der Waals surface area contributed by atoms with E-state index in [9.17, 15) is 5.11 Å². The highest BCUT2D eigenvalue weighted by Crippen LogP contribution is 2.23. The Morgan fingerprint density at radius 2 is 2.12 bits per heavy atom. The third-order valence-corrected chi connectivity index (χ3v) is 2.50. The van der Waals surface area contributed by atoms with Gasteiger partial charge in [0.25, 0.3) is 0 Å². The van der Waals surface area contributed by atoms with E-state index < -0.39 is 0 Å². The monoisotopic (exact) mass is 226 g/mol. The summed E-state index contributed by atoms with van der Waals surface area (Å²) in [5.41, 5.74) is 1.77. The molecule has 0 aromatic carbocycles. The molecule has 4 N–H and O–H groups in total. The maximum Gasteiger partial charge on any atom is 0.141 e. The molecule has 0 saturated heterocycles. The molecule has 1 aromatic rings. The first-order valence-electron chi connectivity index (χ1n) is 5.21. The number of aromatic hydroxyl groups is 1. The van der Waals surface area contributed by atoms with Crippen LogP contribution in [0.1, 0.15) is 23.7 Å². The average molecular weight is 226 g/mol. The van der Waals surface area contributed by atoms with E-state index in [-0.39, 0.29) is 25.0 Å². The highest BCUT2D eigenvalue weighted by molar-refractivity contribution is 5.40. The number of aryl methyl sites for hydroxylation is 1. The van der Waals surface area contributed by atoms with Crippen molar-refractivity contribution in [1.29, 1.82) is 0 Å². The van der Waals surface area contributed by atoms with Crippen molar-refractivity contribution >= 4 is 0 Å². The van der Waals surface area contributed by atoms with Gasteiger partial charge in [-0.05, 0) is 13.8 Å². The molecule has 5 heteroatoms. The minimum Gasteiger partial charge on any atom is -0.506 e. The smallest absolute Gasteiger partial charge is 0.141 e.